The van der Waals surface area contributed by atoms with Gasteiger partial charge in [-0.15, -0.1) is 0 Å². The van der Waals surface area contributed by atoms with Gasteiger partial charge in [-0.3, -0.25) is 4.79 Å². The third kappa shape index (κ3) is 2.23. The minimum Gasteiger partial charge on any atom is -0.440 e. The molecule has 0 aliphatic carbocycles. The molecule has 1 aliphatic heterocycles. The van der Waals surface area contributed by atoms with Gasteiger partial charge in [-0.2, -0.15) is 0 Å². The van der Waals surface area contributed by atoms with Gasteiger partial charge in [-0.05, 0) is 43.0 Å². The number of halogens is 1. The first-order chi connectivity index (χ1) is 7.58. The SMILES string of the molecule is CC(N)C1CCN(C(=O)c2ccc(Cl)o2)C1. The second-order valence-electron chi connectivity index (χ2n) is 4.26. The van der Waals surface area contributed by atoms with Crippen LogP contribution in [0, 0.1) is 5.92 Å². The first kappa shape index (κ1) is 11.5. The van der Waals surface area contributed by atoms with Crippen molar-refractivity contribution >= 4 is 17.5 Å². The Hall–Kier alpha value is -1.00. The lowest BCUT2D eigenvalue weighted by molar-refractivity contribution is 0.0754. The number of furan rings is 1. The summed E-state index contributed by atoms with van der Waals surface area (Å²) in [5, 5.41) is 0.242. The summed E-state index contributed by atoms with van der Waals surface area (Å²) in [6.07, 6.45) is 0.956. The summed E-state index contributed by atoms with van der Waals surface area (Å²) < 4.78 is 5.10. The first-order valence-electron chi connectivity index (χ1n) is 5.38. The summed E-state index contributed by atoms with van der Waals surface area (Å²) in [7, 11) is 0. The van der Waals surface area contributed by atoms with Crippen LogP contribution in [0.5, 0.6) is 0 Å². The summed E-state index contributed by atoms with van der Waals surface area (Å²) in [5.74, 6) is 0.583. The molecule has 5 heteroatoms. The number of amides is 1. The zero-order valence-electron chi connectivity index (χ0n) is 9.15. The molecule has 1 saturated heterocycles. The van der Waals surface area contributed by atoms with Crippen molar-refractivity contribution in [1.29, 1.82) is 0 Å². The molecular formula is C11H15ClN2O2. The highest BCUT2D eigenvalue weighted by atomic mass is 35.5. The van der Waals surface area contributed by atoms with E-state index >= 15 is 0 Å². The third-order valence-electron chi connectivity index (χ3n) is 3.04. The monoisotopic (exact) mass is 242 g/mol. The average molecular weight is 243 g/mol. The second kappa shape index (κ2) is 4.47. The smallest absolute Gasteiger partial charge is 0.289 e. The van der Waals surface area contributed by atoms with Crippen molar-refractivity contribution in [3.05, 3.63) is 23.1 Å². The van der Waals surface area contributed by atoms with E-state index in [-0.39, 0.29) is 17.2 Å². The van der Waals surface area contributed by atoms with Crippen molar-refractivity contribution in [3.63, 3.8) is 0 Å². The molecule has 2 unspecified atom stereocenters. The molecule has 1 fully saturated rings. The maximum atomic E-state index is 12.0. The molecule has 4 nitrogen and oxygen atoms in total. The molecule has 2 heterocycles. The minimum atomic E-state index is -0.102. The maximum absolute atomic E-state index is 12.0. The van der Waals surface area contributed by atoms with Crippen LogP contribution in [0.3, 0.4) is 0 Å². The van der Waals surface area contributed by atoms with Gasteiger partial charge in [0.15, 0.2) is 11.0 Å². The molecule has 0 aromatic carbocycles. The highest BCUT2D eigenvalue weighted by molar-refractivity contribution is 6.29. The van der Waals surface area contributed by atoms with Gasteiger partial charge >= 0.3 is 0 Å². The van der Waals surface area contributed by atoms with Gasteiger partial charge in [0.2, 0.25) is 0 Å². The number of carbonyl (C=O) groups is 1. The van der Waals surface area contributed by atoms with E-state index in [0.29, 0.717) is 18.2 Å². The van der Waals surface area contributed by atoms with Gasteiger partial charge in [0.25, 0.3) is 5.91 Å². The normalized spacial score (nSPS) is 22.4. The predicted octanol–water partition coefficient (Wildman–Crippen LogP) is 1.74. The molecule has 0 bridgehead atoms. The molecular weight excluding hydrogens is 228 g/mol. The molecule has 0 spiro atoms. The van der Waals surface area contributed by atoms with Crippen LogP contribution in [-0.4, -0.2) is 29.9 Å². The Balaban J connectivity index is 2.02. The van der Waals surface area contributed by atoms with E-state index < -0.39 is 0 Å². The highest BCUT2D eigenvalue weighted by Crippen LogP contribution is 2.22. The second-order valence-corrected chi connectivity index (χ2v) is 4.64. The number of likely N-dealkylation sites (tertiary alicyclic amines) is 1. The van der Waals surface area contributed by atoms with Crippen molar-refractivity contribution < 1.29 is 9.21 Å². The molecule has 2 atom stereocenters. The Morgan fingerprint density at radius 1 is 1.69 bits per heavy atom. The third-order valence-corrected chi connectivity index (χ3v) is 3.24. The maximum Gasteiger partial charge on any atom is 0.289 e. The fourth-order valence-corrected chi connectivity index (χ4v) is 2.13. The van der Waals surface area contributed by atoms with Gasteiger partial charge in [-0.1, -0.05) is 0 Å². The molecule has 0 radical (unpaired) electrons. The van der Waals surface area contributed by atoms with Gasteiger partial charge in [0, 0.05) is 19.1 Å². The van der Waals surface area contributed by atoms with E-state index in [1.807, 2.05) is 6.92 Å². The fraction of sp³-hybridized carbons (Fsp3) is 0.545. The quantitative estimate of drug-likeness (QED) is 0.860. The van der Waals surface area contributed by atoms with Crippen LogP contribution in [0.25, 0.3) is 0 Å². The van der Waals surface area contributed by atoms with E-state index in [9.17, 15) is 4.79 Å². The van der Waals surface area contributed by atoms with Crippen molar-refractivity contribution in [2.24, 2.45) is 11.7 Å². The van der Waals surface area contributed by atoms with Crippen LogP contribution in [0.1, 0.15) is 23.9 Å². The Morgan fingerprint density at radius 3 is 2.94 bits per heavy atom. The standard InChI is InChI=1S/C11H15ClN2O2/c1-7(13)8-4-5-14(6-8)11(15)9-2-3-10(12)16-9/h2-3,7-8H,4-6,13H2,1H3. The topological polar surface area (TPSA) is 59.5 Å². The van der Waals surface area contributed by atoms with Crippen LogP contribution < -0.4 is 5.73 Å². The number of hydrogen-bond acceptors (Lipinski definition) is 3. The molecule has 1 aromatic heterocycles. The molecule has 16 heavy (non-hydrogen) atoms. The Morgan fingerprint density at radius 2 is 2.44 bits per heavy atom. The van der Waals surface area contributed by atoms with Crippen LogP contribution in [0.2, 0.25) is 5.22 Å². The Kier molecular flexibility index (Phi) is 3.21. The fourth-order valence-electron chi connectivity index (χ4n) is 1.99. The highest BCUT2D eigenvalue weighted by Gasteiger charge is 2.30. The van der Waals surface area contributed by atoms with Gasteiger partial charge in [0.1, 0.15) is 0 Å². The van der Waals surface area contributed by atoms with Crippen LogP contribution >= 0.6 is 11.6 Å². The number of hydrogen-bond donors (Lipinski definition) is 1. The van der Waals surface area contributed by atoms with Crippen molar-refractivity contribution in [1.82, 2.24) is 4.90 Å². The number of nitrogens with two attached hydrogens (primary N) is 1. The number of carbonyl (C=O) groups excluding carboxylic acids is 1. The van der Waals surface area contributed by atoms with E-state index in [0.717, 1.165) is 13.0 Å². The molecule has 1 aliphatic rings. The zero-order valence-corrected chi connectivity index (χ0v) is 9.91. The molecule has 1 aromatic rings. The Labute approximate surface area is 99.3 Å². The summed E-state index contributed by atoms with van der Waals surface area (Å²) in [5.41, 5.74) is 5.82. The number of rotatable bonds is 2. The molecule has 2 N–H and O–H groups in total. The molecule has 1 amide bonds. The van der Waals surface area contributed by atoms with E-state index in [4.69, 9.17) is 21.8 Å². The van der Waals surface area contributed by atoms with Crippen molar-refractivity contribution in [2.45, 2.75) is 19.4 Å². The molecule has 0 saturated carbocycles. The predicted molar refractivity (Wildman–Crippen MR) is 61.4 cm³/mol. The summed E-state index contributed by atoms with van der Waals surface area (Å²) in [6.45, 7) is 3.42. The first-order valence-corrected chi connectivity index (χ1v) is 5.76. The summed E-state index contributed by atoms with van der Waals surface area (Å²) in [4.78, 5) is 13.7. The van der Waals surface area contributed by atoms with E-state index in [1.165, 1.54) is 0 Å². The van der Waals surface area contributed by atoms with Crippen molar-refractivity contribution in [2.75, 3.05) is 13.1 Å². The van der Waals surface area contributed by atoms with Crippen LogP contribution in [0.4, 0.5) is 0 Å². The van der Waals surface area contributed by atoms with Gasteiger partial charge < -0.3 is 15.1 Å². The van der Waals surface area contributed by atoms with Crippen molar-refractivity contribution in [3.8, 4) is 0 Å². The largest absolute Gasteiger partial charge is 0.440 e. The lowest BCUT2D eigenvalue weighted by atomic mass is 10.0. The minimum absolute atomic E-state index is 0.102. The van der Waals surface area contributed by atoms with Gasteiger partial charge in [0.05, 0.1) is 0 Å². The molecule has 2 rings (SSSR count). The summed E-state index contributed by atoms with van der Waals surface area (Å²) >= 11 is 5.63. The van der Waals surface area contributed by atoms with E-state index in [2.05, 4.69) is 0 Å². The van der Waals surface area contributed by atoms with Crippen LogP contribution in [-0.2, 0) is 0 Å². The molecule has 88 valence electrons. The van der Waals surface area contributed by atoms with Gasteiger partial charge in [-0.25, -0.2) is 0 Å². The Bertz CT molecular complexity index is 389. The van der Waals surface area contributed by atoms with Crippen LogP contribution in [0.15, 0.2) is 16.5 Å². The zero-order chi connectivity index (χ0) is 11.7. The summed E-state index contributed by atoms with van der Waals surface area (Å²) in [6, 6.07) is 3.30. The van der Waals surface area contributed by atoms with E-state index in [1.54, 1.807) is 17.0 Å². The lowest BCUT2D eigenvalue weighted by Crippen LogP contribution is -2.32. The lowest BCUT2D eigenvalue weighted by Gasteiger charge is -2.16. The average Bonchev–Trinajstić information content (AvgIpc) is 2.84. The number of nitrogens with zero attached hydrogens (tertiary/aromatic N) is 1.